The number of guanidine groups is 1. The number of nitrogens with zero attached hydrogens (tertiary/aromatic N) is 1. The largest absolute Gasteiger partial charge is 1.00 e. The summed E-state index contributed by atoms with van der Waals surface area (Å²) in [6.07, 6.45) is 0. The van der Waals surface area contributed by atoms with Crippen molar-refractivity contribution in [2.45, 2.75) is 6.54 Å². The molecule has 0 radical (unpaired) electrons. The predicted octanol–water partition coefficient (Wildman–Crippen LogP) is -2.48. The molecular formula is C8H10BF3KN3. The Hall–Kier alpha value is -0.0187. The van der Waals surface area contributed by atoms with E-state index in [1.807, 2.05) is 0 Å². The summed E-state index contributed by atoms with van der Waals surface area (Å²) in [5.74, 6) is -0.0842. The van der Waals surface area contributed by atoms with E-state index in [-0.39, 0.29) is 63.9 Å². The van der Waals surface area contributed by atoms with Gasteiger partial charge >= 0.3 is 58.4 Å². The summed E-state index contributed by atoms with van der Waals surface area (Å²) in [5.41, 5.74) is 10.2. The third-order valence-electron chi connectivity index (χ3n) is 1.80. The summed E-state index contributed by atoms with van der Waals surface area (Å²) in [7, 11) is 0. The minimum Gasteiger partial charge on any atom is -0.445 e. The van der Waals surface area contributed by atoms with Crippen molar-refractivity contribution in [3.8, 4) is 0 Å². The molecule has 0 aliphatic heterocycles. The summed E-state index contributed by atoms with van der Waals surface area (Å²) >= 11 is 0. The molecule has 4 N–H and O–H groups in total. The molecule has 0 saturated carbocycles. The summed E-state index contributed by atoms with van der Waals surface area (Å²) in [6.45, 7) is -4.74. The Balaban J connectivity index is 0.00000225. The number of nitrogens with two attached hydrogens (primary N) is 2. The predicted molar refractivity (Wildman–Crippen MR) is 54.7 cm³/mol. The SMILES string of the molecule is NC(N)=NCc1ccc([B-](F)(F)F)cc1.[K+]. The van der Waals surface area contributed by atoms with E-state index in [4.69, 9.17) is 11.5 Å². The van der Waals surface area contributed by atoms with Gasteiger partial charge in [0.25, 0.3) is 0 Å². The number of benzene rings is 1. The fourth-order valence-electron chi connectivity index (χ4n) is 1.02. The number of aliphatic imine (C=N–C) groups is 1. The topological polar surface area (TPSA) is 64.4 Å². The second-order valence-electron chi connectivity index (χ2n) is 3.06. The molecule has 16 heavy (non-hydrogen) atoms. The monoisotopic (exact) mass is 255 g/mol. The Morgan fingerprint density at radius 1 is 1.12 bits per heavy atom. The van der Waals surface area contributed by atoms with Crippen LogP contribution in [0.3, 0.4) is 0 Å². The zero-order chi connectivity index (χ0) is 11.5. The van der Waals surface area contributed by atoms with Gasteiger partial charge in [0.15, 0.2) is 5.96 Å². The summed E-state index contributed by atoms with van der Waals surface area (Å²) in [5, 5.41) is 0. The standard InChI is InChI=1S/C8H10BF3N3.K/c10-9(11,12)7-3-1-6(2-4-7)5-15-8(13)14;/h1-4H,5H2,(H4,13,14,15);/q-1;+1. The van der Waals surface area contributed by atoms with Gasteiger partial charge in [0.2, 0.25) is 0 Å². The maximum atomic E-state index is 12.2. The fraction of sp³-hybridized carbons (Fsp3) is 0.125. The number of halogens is 3. The van der Waals surface area contributed by atoms with E-state index in [1.54, 1.807) is 0 Å². The van der Waals surface area contributed by atoms with Crippen molar-refractivity contribution in [1.82, 2.24) is 0 Å². The minimum absolute atomic E-state index is 0. The minimum atomic E-state index is -4.93. The third kappa shape index (κ3) is 5.35. The molecule has 1 aromatic carbocycles. The first-order chi connectivity index (χ1) is 6.89. The molecule has 1 aromatic rings. The van der Waals surface area contributed by atoms with Crippen LogP contribution in [0.5, 0.6) is 0 Å². The van der Waals surface area contributed by atoms with E-state index >= 15 is 0 Å². The Kier molecular flexibility index (Phi) is 6.64. The van der Waals surface area contributed by atoms with E-state index in [0.29, 0.717) is 5.56 Å². The molecule has 0 amide bonds. The summed E-state index contributed by atoms with van der Waals surface area (Å²) in [4.78, 5) is 3.68. The average Bonchev–Trinajstić information content (AvgIpc) is 2.14. The summed E-state index contributed by atoms with van der Waals surface area (Å²) in [6, 6.07) is 4.77. The molecule has 8 heteroatoms. The van der Waals surface area contributed by atoms with Gasteiger partial charge in [0, 0.05) is 0 Å². The van der Waals surface area contributed by atoms with Crippen LogP contribution in [-0.4, -0.2) is 12.9 Å². The maximum Gasteiger partial charge on any atom is 1.00 e. The second-order valence-corrected chi connectivity index (χ2v) is 3.06. The molecule has 0 aliphatic rings. The van der Waals surface area contributed by atoms with Crippen molar-refractivity contribution in [2.24, 2.45) is 16.5 Å². The van der Waals surface area contributed by atoms with Gasteiger partial charge in [-0.05, 0) is 5.56 Å². The Morgan fingerprint density at radius 2 is 1.62 bits per heavy atom. The molecule has 0 atom stereocenters. The molecule has 0 saturated heterocycles. The van der Waals surface area contributed by atoms with Crippen molar-refractivity contribution in [3.63, 3.8) is 0 Å². The molecule has 0 aromatic heterocycles. The van der Waals surface area contributed by atoms with Gasteiger partial charge in [0.05, 0.1) is 6.54 Å². The fourth-order valence-corrected chi connectivity index (χ4v) is 1.02. The Morgan fingerprint density at radius 3 is 2.00 bits per heavy atom. The van der Waals surface area contributed by atoms with Crippen LogP contribution in [-0.2, 0) is 6.54 Å². The smallest absolute Gasteiger partial charge is 0.445 e. The van der Waals surface area contributed by atoms with Gasteiger partial charge in [-0.15, -0.1) is 5.46 Å². The van der Waals surface area contributed by atoms with Crippen molar-refractivity contribution in [2.75, 3.05) is 0 Å². The zero-order valence-corrected chi connectivity index (χ0v) is 12.0. The van der Waals surface area contributed by atoms with Crippen molar-refractivity contribution in [3.05, 3.63) is 29.8 Å². The van der Waals surface area contributed by atoms with Crippen LogP contribution in [0.4, 0.5) is 12.9 Å². The number of rotatable bonds is 3. The van der Waals surface area contributed by atoms with Gasteiger partial charge in [-0.25, -0.2) is 4.99 Å². The van der Waals surface area contributed by atoms with E-state index in [1.165, 1.54) is 12.1 Å². The first-order valence-electron chi connectivity index (χ1n) is 4.24. The quantitative estimate of drug-likeness (QED) is 0.357. The van der Waals surface area contributed by atoms with Crippen LogP contribution in [0.15, 0.2) is 29.3 Å². The van der Waals surface area contributed by atoms with Gasteiger partial charge in [0.1, 0.15) is 0 Å². The molecule has 0 aliphatic carbocycles. The molecule has 82 valence electrons. The third-order valence-corrected chi connectivity index (χ3v) is 1.80. The molecular weight excluding hydrogens is 245 g/mol. The van der Waals surface area contributed by atoms with Crippen LogP contribution >= 0.6 is 0 Å². The number of hydrogen-bond acceptors (Lipinski definition) is 1. The first-order valence-corrected chi connectivity index (χ1v) is 4.24. The van der Waals surface area contributed by atoms with Crippen LogP contribution < -0.4 is 68.3 Å². The summed E-state index contributed by atoms with van der Waals surface area (Å²) < 4.78 is 36.7. The Bertz CT molecular complexity index is 360. The van der Waals surface area contributed by atoms with Gasteiger partial charge in [-0.3, -0.25) is 0 Å². The molecule has 0 spiro atoms. The molecule has 0 heterocycles. The molecule has 0 unspecified atom stereocenters. The van der Waals surface area contributed by atoms with E-state index < -0.39 is 12.4 Å². The number of hydrogen-bond donors (Lipinski definition) is 2. The van der Waals surface area contributed by atoms with E-state index in [0.717, 1.165) is 12.1 Å². The maximum absolute atomic E-state index is 12.2. The molecule has 0 fully saturated rings. The Labute approximate surface area is 134 Å². The van der Waals surface area contributed by atoms with Crippen LogP contribution in [0.2, 0.25) is 0 Å². The second kappa shape index (κ2) is 6.65. The molecule has 1 rings (SSSR count). The van der Waals surface area contributed by atoms with Crippen LogP contribution in [0, 0.1) is 0 Å². The van der Waals surface area contributed by atoms with E-state index in [9.17, 15) is 12.9 Å². The normalized spacial score (nSPS) is 10.4. The first kappa shape index (κ1) is 16.0. The van der Waals surface area contributed by atoms with Gasteiger partial charge in [-0.1, -0.05) is 24.3 Å². The molecule has 0 bridgehead atoms. The van der Waals surface area contributed by atoms with Crippen LogP contribution in [0.25, 0.3) is 0 Å². The molecule has 3 nitrogen and oxygen atoms in total. The van der Waals surface area contributed by atoms with Crippen molar-refractivity contribution < 1.29 is 64.3 Å². The van der Waals surface area contributed by atoms with E-state index in [2.05, 4.69) is 4.99 Å². The average molecular weight is 255 g/mol. The van der Waals surface area contributed by atoms with Gasteiger partial charge < -0.3 is 24.4 Å². The van der Waals surface area contributed by atoms with Gasteiger partial charge in [-0.2, -0.15) is 0 Å². The van der Waals surface area contributed by atoms with Crippen molar-refractivity contribution in [1.29, 1.82) is 0 Å². The van der Waals surface area contributed by atoms with Crippen molar-refractivity contribution >= 4 is 18.4 Å². The van der Waals surface area contributed by atoms with Crippen LogP contribution in [0.1, 0.15) is 5.56 Å². The zero-order valence-electron chi connectivity index (χ0n) is 8.83.